The summed E-state index contributed by atoms with van der Waals surface area (Å²) in [4.78, 5) is 2.36. The van der Waals surface area contributed by atoms with Crippen molar-refractivity contribution in [1.82, 2.24) is 10.0 Å². The number of hydrogen-bond donors (Lipinski definition) is 2. The maximum atomic E-state index is 11.8. The number of aryl methyl sites for hydroxylation is 1. The molecule has 1 aromatic heterocycles. The van der Waals surface area contributed by atoms with Crippen LogP contribution in [0.1, 0.15) is 36.9 Å². The topological polar surface area (TPSA) is 58.2 Å². The molecule has 0 unspecified atom stereocenters. The number of nitrogens with one attached hydrogen (secondary N) is 2. The summed E-state index contributed by atoms with van der Waals surface area (Å²) in [6, 6.07) is 4.45. The van der Waals surface area contributed by atoms with Crippen LogP contribution in [-0.4, -0.2) is 26.8 Å². The third-order valence-electron chi connectivity index (χ3n) is 2.67. The van der Waals surface area contributed by atoms with Gasteiger partial charge in [0.05, 0.1) is 5.75 Å². The van der Waals surface area contributed by atoms with Crippen molar-refractivity contribution in [3.05, 3.63) is 21.9 Å². The van der Waals surface area contributed by atoms with Crippen LogP contribution in [0.5, 0.6) is 0 Å². The van der Waals surface area contributed by atoms with Crippen molar-refractivity contribution in [3.8, 4) is 0 Å². The maximum absolute atomic E-state index is 11.8. The van der Waals surface area contributed by atoms with E-state index in [1.54, 1.807) is 11.3 Å². The van der Waals surface area contributed by atoms with Gasteiger partial charge in [0.2, 0.25) is 10.0 Å². The Hall–Kier alpha value is -0.430. The second kappa shape index (κ2) is 7.99. The Morgan fingerprint density at radius 3 is 2.53 bits per heavy atom. The Morgan fingerprint density at radius 1 is 1.26 bits per heavy atom. The second-order valence-electron chi connectivity index (χ2n) is 4.82. The molecule has 0 atom stereocenters. The molecule has 0 aliphatic carbocycles. The molecule has 1 aromatic rings. The molecule has 110 valence electrons. The van der Waals surface area contributed by atoms with Crippen LogP contribution in [0, 0.1) is 0 Å². The lowest BCUT2D eigenvalue weighted by Gasteiger charge is -2.08. The molecule has 0 aliphatic rings. The van der Waals surface area contributed by atoms with E-state index < -0.39 is 10.0 Å². The second-order valence-corrected chi connectivity index (χ2v) is 8.00. The predicted molar refractivity (Wildman–Crippen MR) is 82.1 cm³/mol. The first-order chi connectivity index (χ1) is 8.93. The molecule has 0 spiro atoms. The molecule has 4 nitrogen and oxygen atoms in total. The molecule has 0 fully saturated rings. The third-order valence-corrected chi connectivity index (χ3v) is 5.31. The summed E-state index contributed by atoms with van der Waals surface area (Å²) in [5, 5.41) is 3.21. The molecule has 0 saturated carbocycles. The van der Waals surface area contributed by atoms with E-state index in [0.29, 0.717) is 19.0 Å². The Kier molecular flexibility index (Phi) is 6.99. The highest BCUT2D eigenvalue weighted by Gasteiger charge is 2.10. The van der Waals surface area contributed by atoms with Crippen molar-refractivity contribution >= 4 is 21.4 Å². The minimum Gasteiger partial charge on any atom is -0.314 e. The summed E-state index contributed by atoms with van der Waals surface area (Å²) in [5.41, 5.74) is 0. The Labute approximate surface area is 120 Å². The average Bonchev–Trinajstić information content (AvgIpc) is 2.80. The van der Waals surface area contributed by atoms with E-state index in [0.717, 1.165) is 17.8 Å². The lowest BCUT2D eigenvalue weighted by atomic mass is 10.4. The fourth-order valence-corrected chi connectivity index (χ4v) is 3.65. The molecule has 6 heteroatoms. The minimum atomic E-state index is -3.16. The largest absolute Gasteiger partial charge is 0.314 e. The molecule has 2 N–H and O–H groups in total. The lowest BCUT2D eigenvalue weighted by molar-refractivity contribution is 0.561. The standard InChI is InChI=1S/C13H24N2O2S2/c1-4-12-6-7-13(18-12)10-15-19(16,17)9-5-8-14-11(2)3/h6-7,11,14-15H,4-5,8-10H2,1-3H3. The van der Waals surface area contributed by atoms with E-state index in [1.165, 1.54) is 4.88 Å². The van der Waals surface area contributed by atoms with Crippen LogP contribution in [0.15, 0.2) is 12.1 Å². The van der Waals surface area contributed by atoms with Crippen molar-refractivity contribution in [3.63, 3.8) is 0 Å². The smallest absolute Gasteiger partial charge is 0.211 e. The zero-order valence-corrected chi connectivity index (χ0v) is 13.5. The number of hydrogen-bond acceptors (Lipinski definition) is 4. The first-order valence-electron chi connectivity index (χ1n) is 6.71. The Bertz CT molecular complexity index is 467. The van der Waals surface area contributed by atoms with Crippen LogP contribution in [0.25, 0.3) is 0 Å². The molecule has 1 heterocycles. The van der Waals surface area contributed by atoms with Gasteiger partial charge in [0.15, 0.2) is 0 Å². The summed E-state index contributed by atoms with van der Waals surface area (Å²) in [6.45, 7) is 7.34. The van der Waals surface area contributed by atoms with Crippen molar-refractivity contribution < 1.29 is 8.42 Å². The quantitative estimate of drug-likeness (QED) is 0.687. The van der Waals surface area contributed by atoms with Crippen LogP contribution in [0.3, 0.4) is 0 Å². The van der Waals surface area contributed by atoms with Crippen LogP contribution in [0.2, 0.25) is 0 Å². The van der Waals surface area contributed by atoms with Gasteiger partial charge in [0.25, 0.3) is 0 Å². The lowest BCUT2D eigenvalue weighted by Crippen LogP contribution is -2.29. The zero-order chi connectivity index (χ0) is 14.3. The van der Waals surface area contributed by atoms with Gasteiger partial charge in [-0.1, -0.05) is 20.8 Å². The van der Waals surface area contributed by atoms with E-state index in [1.807, 2.05) is 6.07 Å². The molecule has 1 rings (SSSR count). The number of sulfonamides is 1. The van der Waals surface area contributed by atoms with Gasteiger partial charge < -0.3 is 5.32 Å². The van der Waals surface area contributed by atoms with Crippen molar-refractivity contribution in [2.24, 2.45) is 0 Å². The van der Waals surface area contributed by atoms with Gasteiger partial charge in [-0.3, -0.25) is 0 Å². The molecule has 19 heavy (non-hydrogen) atoms. The van der Waals surface area contributed by atoms with E-state index in [9.17, 15) is 8.42 Å². The van der Waals surface area contributed by atoms with Gasteiger partial charge in [-0.25, -0.2) is 13.1 Å². The van der Waals surface area contributed by atoms with Crippen LogP contribution in [0.4, 0.5) is 0 Å². The fraction of sp³-hybridized carbons (Fsp3) is 0.692. The SMILES string of the molecule is CCc1ccc(CNS(=O)(=O)CCCNC(C)C)s1. The molecule has 0 amide bonds. The molecule has 0 radical (unpaired) electrons. The number of thiophene rings is 1. The normalized spacial score (nSPS) is 12.2. The molecule has 0 saturated heterocycles. The van der Waals surface area contributed by atoms with Gasteiger partial charge in [-0.2, -0.15) is 0 Å². The zero-order valence-electron chi connectivity index (χ0n) is 11.9. The van der Waals surface area contributed by atoms with Gasteiger partial charge in [0.1, 0.15) is 0 Å². The molecule has 0 aliphatic heterocycles. The summed E-state index contributed by atoms with van der Waals surface area (Å²) < 4.78 is 26.2. The first kappa shape index (κ1) is 16.6. The van der Waals surface area contributed by atoms with Gasteiger partial charge >= 0.3 is 0 Å². The third kappa shape index (κ3) is 7.06. The van der Waals surface area contributed by atoms with Gasteiger partial charge in [-0.05, 0) is 31.5 Å². The van der Waals surface area contributed by atoms with E-state index in [4.69, 9.17) is 0 Å². The maximum Gasteiger partial charge on any atom is 0.211 e. The van der Waals surface area contributed by atoms with Gasteiger partial charge in [-0.15, -0.1) is 11.3 Å². The van der Waals surface area contributed by atoms with Crippen LogP contribution >= 0.6 is 11.3 Å². The van der Waals surface area contributed by atoms with Gasteiger partial charge in [0, 0.05) is 22.3 Å². The van der Waals surface area contributed by atoms with Crippen molar-refractivity contribution in [2.75, 3.05) is 12.3 Å². The van der Waals surface area contributed by atoms with E-state index in [2.05, 4.69) is 36.9 Å². The van der Waals surface area contributed by atoms with E-state index in [-0.39, 0.29) is 5.75 Å². The minimum absolute atomic E-state index is 0.179. The van der Waals surface area contributed by atoms with Crippen LogP contribution in [-0.2, 0) is 23.0 Å². The van der Waals surface area contributed by atoms with Crippen LogP contribution < -0.4 is 10.0 Å². The highest BCUT2D eigenvalue weighted by atomic mass is 32.2. The summed E-state index contributed by atoms with van der Waals surface area (Å²) >= 11 is 1.67. The Morgan fingerprint density at radius 2 is 1.95 bits per heavy atom. The summed E-state index contributed by atoms with van der Waals surface area (Å²) in [7, 11) is -3.16. The first-order valence-corrected chi connectivity index (χ1v) is 9.18. The monoisotopic (exact) mass is 304 g/mol. The Balaban J connectivity index is 2.30. The average molecular weight is 304 g/mol. The number of rotatable bonds is 9. The summed E-state index contributed by atoms with van der Waals surface area (Å²) in [6.07, 6.45) is 1.64. The highest BCUT2D eigenvalue weighted by Crippen LogP contribution is 2.16. The highest BCUT2D eigenvalue weighted by molar-refractivity contribution is 7.89. The molecule has 0 aromatic carbocycles. The van der Waals surface area contributed by atoms with E-state index >= 15 is 0 Å². The van der Waals surface area contributed by atoms with Crippen molar-refractivity contribution in [2.45, 2.75) is 46.2 Å². The molecular formula is C13H24N2O2S2. The fourth-order valence-electron chi connectivity index (χ4n) is 1.61. The van der Waals surface area contributed by atoms with Crippen molar-refractivity contribution in [1.29, 1.82) is 0 Å². The molecule has 0 bridgehead atoms. The summed E-state index contributed by atoms with van der Waals surface area (Å²) in [5.74, 6) is 0.179. The molecular weight excluding hydrogens is 280 g/mol. The predicted octanol–water partition coefficient (Wildman–Crippen LogP) is 2.12.